The quantitative estimate of drug-likeness (QED) is 0.878. The van der Waals surface area contributed by atoms with Crippen molar-refractivity contribution in [1.82, 2.24) is 0 Å². The first kappa shape index (κ1) is 11.8. The molecule has 4 heteroatoms. The maximum atomic E-state index is 6.10. The minimum atomic E-state index is -0.327. The molecule has 2 nitrogen and oxygen atoms in total. The topological polar surface area (TPSA) is 35.2 Å². The third-order valence-corrected chi connectivity index (χ3v) is 3.14. The van der Waals surface area contributed by atoms with E-state index in [1.807, 2.05) is 6.08 Å². The third-order valence-electron chi connectivity index (χ3n) is 2.56. The highest BCUT2D eigenvalue weighted by Crippen LogP contribution is 2.30. The van der Waals surface area contributed by atoms with Gasteiger partial charge in [0.25, 0.3) is 0 Å². The summed E-state index contributed by atoms with van der Waals surface area (Å²) >= 11 is 12.0. The van der Waals surface area contributed by atoms with Crippen LogP contribution in [-0.4, -0.2) is 6.61 Å². The van der Waals surface area contributed by atoms with E-state index in [0.29, 0.717) is 10.0 Å². The number of ether oxygens (including phenoxy) is 1. The van der Waals surface area contributed by atoms with Crippen LogP contribution >= 0.6 is 23.2 Å². The molecule has 2 rings (SSSR count). The van der Waals surface area contributed by atoms with Crippen molar-refractivity contribution in [2.75, 3.05) is 6.61 Å². The largest absolute Gasteiger partial charge is 0.496 e. The molecule has 2 N–H and O–H groups in total. The summed E-state index contributed by atoms with van der Waals surface area (Å²) in [6, 6.07) is 4.96. The summed E-state index contributed by atoms with van der Waals surface area (Å²) < 4.78 is 5.52. The molecule has 1 unspecified atom stereocenters. The van der Waals surface area contributed by atoms with Gasteiger partial charge in [-0.1, -0.05) is 23.2 Å². The predicted molar refractivity (Wildman–Crippen MR) is 66.7 cm³/mol. The van der Waals surface area contributed by atoms with Gasteiger partial charge in [-0.15, -0.1) is 0 Å². The smallest absolute Gasteiger partial charge is 0.113 e. The average molecular weight is 258 g/mol. The Hall–Kier alpha value is -0.700. The lowest BCUT2D eigenvalue weighted by atomic mass is 10.0. The second-order valence-corrected chi connectivity index (χ2v) is 4.58. The highest BCUT2D eigenvalue weighted by Gasteiger charge is 2.18. The highest BCUT2D eigenvalue weighted by molar-refractivity contribution is 6.33. The molecule has 0 amide bonds. The van der Waals surface area contributed by atoms with E-state index in [1.54, 1.807) is 18.2 Å². The Morgan fingerprint density at radius 2 is 2.12 bits per heavy atom. The number of benzene rings is 1. The van der Waals surface area contributed by atoms with Crippen LogP contribution in [0.4, 0.5) is 0 Å². The molecule has 86 valence electrons. The Morgan fingerprint density at radius 1 is 1.31 bits per heavy atom. The van der Waals surface area contributed by atoms with E-state index >= 15 is 0 Å². The van der Waals surface area contributed by atoms with E-state index in [1.165, 1.54) is 0 Å². The van der Waals surface area contributed by atoms with Crippen LogP contribution in [0.25, 0.3) is 0 Å². The van der Waals surface area contributed by atoms with Crippen LogP contribution in [0.2, 0.25) is 10.0 Å². The Labute approximate surface area is 105 Å². The molecule has 0 aromatic heterocycles. The van der Waals surface area contributed by atoms with E-state index in [0.717, 1.165) is 30.8 Å². The summed E-state index contributed by atoms with van der Waals surface area (Å²) in [6.45, 7) is 0.720. The Morgan fingerprint density at radius 3 is 2.81 bits per heavy atom. The lowest BCUT2D eigenvalue weighted by molar-refractivity contribution is 0.176. The van der Waals surface area contributed by atoms with Crippen molar-refractivity contribution >= 4 is 23.2 Å². The van der Waals surface area contributed by atoms with Crippen LogP contribution < -0.4 is 5.73 Å². The summed E-state index contributed by atoms with van der Waals surface area (Å²) in [5, 5.41) is 1.25. The van der Waals surface area contributed by atoms with Crippen LogP contribution in [0.3, 0.4) is 0 Å². The average Bonchev–Trinajstić information content (AvgIpc) is 2.32. The summed E-state index contributed by atoms with van der Waals surface area (Å²) in [4.78, 5) is 0. The lowest BCUT2D eigenvalue weighted by Gasteiger charge is -2.21. The maximum Gasteiger partial charge on any atom is 0.113 e. The molecule has 0 spiro atoms. The molecule has 1 heterocycles. The van der Waals surface area contributed by atoms with Crippen molar-refractivity contribution < 1.29 is 4.74 Å². The second-order valence-electron chi connectivity index (χ2n) is 3.74. The Bertz CT molecular complexity index is 417. The molecule has 0 bridgehead atoms. The number of hydrogen-bond donors (Lipinski definition) is 1. The number of rotatable bonds is 2. The van der Waals surface area contributed by atoms with Gasteiger partial charge in [-0.05, 0) is 42.7 Å². The van der Waals surface area contributed by atoms with Crippen molar-refractivity contribution in [3.8, 4) is 0 Å². The van der Waals surface area contributed by atoms with E-state index in [4.69, 9.17) is 33.7 Å². The molecular formula is C12H13Cl2NO. The number of nitrogens with two attached hydrogens (primary N) is 1. The lowest BCUT2D eigenvalue weighted by Crippen LogP contribution is -2.18. The standard InChI is InChI=1S/C12H13Cl2NO/c13-8-4-5-10(14)9(7-8)12(15)11-3-1-2-6-16-11/h3-5,7,12H,1-2,6,15H2. The summed E-state index contributed by atoms with van der Waals surface area (Å²) in [5.74, 6) is 0.787. The molecule has 1 aliphatic rings. The van der Waals surface area contributed by atoms with Crippen molar-refractivity contribution in [3.05, 3.63) is 45.6 Å². The van der Waals surface area contributed by atoms with Gasteiger partial charge >= 0.3 is 0 Å². The van der Waals surface area contributed by atoms with Crippen LogP contribution in [0, 0.1) is 0 Å². The highest BCUT2D eigenvalue weighted by atomic mass is 35.5. The van der Waals surface area contributed by atoms with Gasteiger partial charge in [-0.25, -0.2) is 0 Å². The van der Waals surface area contributed by atoms with Crippen molar-refractivity contribution in [1.29, 1.82) is 0 Å². The summed E-state index contributed by atoms with van der Waals surface area (Å²) in [5.41, 5.74) is 6.91. The SMILES string of the molecule is NC(C1=CCCCO1)c1cc(Cl)ccc1Cl. The van der Waals surface area contributed by atoms with Crippen LogP contribution in [0.15, 0.2) is 30.0 Å². The fourth-order valence-corrected chi connectivity index (χ4v) is 2.12. The fraction of sp³-hybridized carbons (Fsp3) is 0.333. The molecule has 1 aromatic carbocycles. The van der Waals surface area contributed by atoms with Gasteiger partial charge in [-0.3, -0.25) is 0 Å². The minimum Gasteiger partial charge on any atom is -0.496 e. The van der Waals surface area contributed by atoms with Gasteiger partial charge in [0.2, 0.25) is 0 Å². The molecule has 1 atom stereocenters. The minimum absolute atomic E-state index is 0.327. The molecule has 1 aliphatic heterocycles. The van der Waals surface area contributed by atoms with Gasteiger partial charge in [0, 0.05) is 10.0 Å². The zero-order valence-electron chi connectivity index (χ0n) is 8.75. The van der Waals surface area contributed by atoms with E-state index in [2.05, 4.69) is 0 Å². The van der Waals surface area contributed by atoms with Crippen LogP contribution in [0.5, 0.6) is 0 Å². The van der Waals surface area contributed by atoms with E-state index in [9.17, 15) is 0 Å². The van der Waals surface area contributed by atoms with E-state index < -0.39 is 0 Å². The molecular weight excluding hydrogens is 245 g/mol. The summed E-state index contributed by atoms with van der Waals surface area (Å²) in [6.07, 6.45) is 4.06. The molecule has 16 heavy (non-hydrogen) atoms. The maximum absolute atomic E-state index is 6.10. The van der Waals surface area contributed by atoms with Gasteiger partial charge < -0.3 is 10.5 Å². The predicted octanol–water partition coefficient (Wildman–Crippen LogP) is 3.69. The van der Waals surface area contributed by atoms with Crippen molar-refractivity contribution in [2.45, 2.75) is 18.9 Å². The van der Waals surface area contributed by atoms with Gasteiger partial charge in [0.1, 0.15) is 5.76 Å². The third kappa shape index (κ3) is 2.51. The fourth-order valence-electron chi connectivity index (χ4n) is 1.70. The first-order valence-electron chi connectivity index (χ1n) is 5.22. The zero-order valence-corrected chi connectivity index (χ0v) is 10.3. The second kappa shape index (κ2) is 5.09. The molecule has 0 saturated carbocycles. The molecule has 0 fully saturated rings. The number of halogens is 2. The summed E-state index contributed by atoms with van der Waals surface area (Å²) in [7, 11) is 0. The van der Waals surface area contributed by atoms with Gasteiger partial charge in [0.05, 0.1) is 12.6 Å². The molecule has 1 aromatic rings. The first-order valence-corrected chi connectivity index (χ1v) is 5.97. The monoisotopic (exact) mass is 257 g/mol. The van der Waals surface area contributed by atoms with Gasteiger partial charge in [0.15, 0.2) is 0 Å². The molecule has 0 saturated heterocycles. The van der Waals surface area contributed by atoms with Crippen LogP contribution in [-0.2, 0) is 4.74 Å². The van der Waals surface area contributed by atoms with Gasteiger partial charge in [-0.2, -0.15) is 0 Å². The number of hydrogen-bond acceptors (Lipinski definition) is 2. The van der Waals surface area contributed by atoms with Crippen molar-refractivity contribution in [2.24, 2.45) is 5.73 Å². The van der Waals surface area contributed by atoms with Crippen molar-refractivity contribution in [3.63, 3.8) is 0 Å². The van der Waals surface area contributed by atoms with E-state index in [-0.39, 0.29) is 6.04 Å². The van der Waals surface area contributed by atoms with Crippen LogP contribution in [0.1, 0.15) is 24.4 Å². The zero-order chi connectivity index (χ0) is 11.5. The first-order chi connectivity index (χ1) is 7.68. The molecule has 0 radical (unpaired) electrons. The number of allylic oxidation sites excluding steroid dienone is 1. The Kier molecular flexibility index (Phi) is 3.74. The Balaban J connectivity index is 2.29. The normalized spacial score (nSPS) is 17.6. The molecule has 0 aliphatic carbocycles.